The largest absolute Gasteiger partial charge is 0.508 e. The van der Waals surface area contributed by atoms with E-state index in [2.05, 4.69) is 15.9 Å². The number of halogens is 1. The van der Waals surface area contributed by atoms with Crippen LogP contribution in [0.5, 0.6) is 5.75 Å². The van der Waals surface area contributed by atoms with Crippen molar-refractivity contribution in [3.63, 3.8) is 0 Å². The van der Waals surface area contributed by atoms with E-state index in [0.29, 0.717) is 5.76 Å². The molecule has 1 N–H and O–H groups in total. The Morgan fingerprint density at radius 3 is 2.47 bits per heavy atom. The molecule has 0 saturated carbocycles. The van der Waals surface area contributed by atoms with E-state index < -0.39 is 5.63 Å². The molecule has 1 heterocycles. The summed E-state index contributed by atoms with van der Waals surface area (Å²) in [5, 5.41) is 9.23. The van der Waals surface area contributed by atoms with E-state index in [1.807, 2.05) is 24.3 Å². The van der Waals surface area contributed by atoms with Crippen molar-refractivity contribution >= 4 is 28.1 Å². The average Bonchev–Trinajstić information content (AvgIpc) is 2.27. The van der Waals surface area contributed by atoms with Gasteiger partial charge in [-0.1, -0.05) is 34.1 Å². The molecule has 2 rings (SSSR count). The number of hydrogen-bond acceptors (Lipinski definition) is 3. The highest BCUT2D eigenvalue weighted by atomic mass is 79.9. The lowest BCUT2D eigenvalue weighted by atomic mass is 10.2. The Morgan fingerprint density at radius 2 is 1.82 bits per heavy atom. The van der Waals surface area contributed by atoms with E-state index in [1.54, 1.807) is 12.2 Å². The second-order valence-electron chi connectivity index (χ2n) is 3.42. The number of benzene rings is 1. The van der Waals surface area contributed by atoms with Gasteiger partial charge in [-0.3, -0.25) is 0 Å². The van der Waals surface area contributed by atoms with Gasteiger partial charge in [0.1, 0.15) is 11.5 Å². The van der Waals surface area contributed by atoms with Gasteiger partial charge in [-0.15, -0.1) is 0 Å². The van der Waals surface area contributed by atoms with Crippen LogP contribution in [-0.2, 0) is 0 Å². The number of aromatic hydroxyl groups is 1. The maximum absolute atomic E-state index is 11.0. The Balaban J connectivity index is 2.25. The summed E-state index contributed by atoms with van der Waals surface area (Å²) in [4.78, 5) is 11.0. The molecule has 0 saturated heterocycles. The zero-order valence-corrected chi connectivity index (χ0v) is 10.3. The number of rotatable bonds is 2. The third-order valence-corrected chi connectivity index (χ3v) is 2.61. The van der Waals surface area contributed by atoms with E-state index in [4.69, 9.17) is 4.42 Å². The molecule has 0 aliphatic rings. The Labute approximate surface area is 106 Å². The molecule has 0 amide bonds. The van der Waals surface area contributed by atoms with Crippen molar-refractivity contribution in [1.82, 2.24) is 0 Å². The van der Waals surface area contributed by atoms with Crippen molar-refractivity contribution in [1.29, 1.82) is 0 Å². The fraction of sp³-hybridized carbons (Fsp3) is 0. The Hall–Kier alpha value is -1.81. The minimum Gasteiger partial charge on any atom is -0.508 e. The van der Waals surface area contributed by atoms with Gasteiger partial charge in [0, 0.05) is 10.5 Å². The van der Waals surface area contributed by atoms with Gasteiger partial charge in [0.15, 0.2) is 0 Å². The molecule has 0 fully saturated rings. The Kier molecular flexibility index (Phi) is 3.44. The van der Waals surface area contributed by atoms with Crippen molar-refractivity contribution in [3.05, 3.63) is 62.6 Å². The highest BCUT2D eigenvalue weighted by Crippen LogP contribution is 2.14. The molecule has 1 aromatic heterocycles. The quantitative estimate of drug-likeness (QED) is 0.924. The fourth-order valence-corrected chi connectivity index (χ4v) is 1.58. The van der Waals surface area contributed by atoms with Crippen LogP contribution in [0.15, 0.2) is 50.1 Å². The molecule has 0 radical (unpaired) electrons. The Bertz CT molecular complexity index is 597. The molecule has 0 atom stereocenters. The lowest BCUT2D eigenvalue weighted by Gasteiger charge is -1.95. The molecule has 0 aliphatic heterocycles. The normalized spacial score (nSPS) is 10.9. The van der Waals surface area contributed by atoms with Gasteiger partial charge in [-0.25, -0.2) is 4.79 Å². The average molecular weight is 293 g/mol. The second kappa shape index (κ2) is 5.01. The van der Waals surface area contributed by atoms with Gasteiger partial charge in [0.05, 0.1) is 6.07 Å². The van der Waals surface area contributed by atoms with Crippen LogP contribution in [0.4, 0.5) is 0 Å². The van der Waals surface area contributed by atoms with Gasteiger partial charge in [0.2, 0.25) is 0 Å². The first kappa shape index (κ1) is 11.7. The topological polar surface area (TPSA) is 50.4 Å². The molecule has 3 nitrogen and oxygen atoms in total. The van der Waals surface area contributed by atoms with Gasteiger partial charge >= 0.3 is 5.63 Å². The highest BCUT2D eigenvalue weighted by molar-refractivity contribution is 9.10. The minimum absolute atomic E-state index is 0.100. The van der Waals surface area contributed by atoms with Crippen LogP contribution in [0, 0.1) is 0 Å². The molecule has 0 unspecified atom stereocenters. The molecular weight excluding hydrogens is 284 g/mol. The van der Waals surface area contributed by atoms with Crippen LogP contribution in [0.25, 0.3) is 12.2 Å². The van der Waals surface area contributed by atoms with Crippen LogP contribution in [-0.4, -0.2) is 5.11 Å². The predicted molar refractivity (Wildman–Crippen MR) is 69.7 cm³/mol. The summed E-state index contributed by atoms with van der Waals surface area (Å²) in [7, 11) is 0. The van der Waals surface area contributed by atoms with Crippen LogP contribution < -0.4 is 5.63 Å². The molecule has 0 bridgehead atoms. The van der Waals surface area contributed by atoms with E-state index in [-0.39, 0.29) is 5.75 Å². The monoisotopic (exact) mass is 292 g/mol. The summed E-state index contributed by atoms with van der Waals surface area (Å²) in [6.45, 7) is 0. The minimum atomic E-state index is -0.569. The van der Waals surface area contributed by atoms with Gasteiger partial charge in [0.25, 0.3) is 0 Å². The molecule has 4 heteroatoms. The summed E-state index contributed by atoms with van der Waals surface area (Å²) >= 11 is 3.34. The van der Waals surface area contributed by atoms with Crippen molar-refractivity contribution < 1.29 is 9.52 Å². The summed E-state index contributed by atoms with van der Waals surface area (Å²) in [5.41, 5.74) is 0.402. The van der Waals surface area contributed by atoms with Crippen molar-refractivity contribution in [3.8, 4) is 5.75 Å². The van der Waals surface area contributed by atoms with E-state index >= 15 is 0 Å². The first-order valence-electron chi connectivity index (χ1n) is 4.91. The van der Waals surface area contributed by atoms with Crippen LogP contribution in [0.1, 0.15) is 11.3 Å². The first-order valence-corrected chi connectivity index (χ1v) is 5.70. The molecule has 0 aliphatic carbocycles. The molecule has 17 heavy (non-hydrogen) atoms. The third kappa shape index (κ3) is 3.32. The summed E-state index contributed by atoms with van der Waals surface area (Å²) < 4.78 is 5.89. The van der Waals surface area contributed by atoms with Gasteiger partial charge in [-0.05, 0) is 23.8 Å². The number of hydrogen-bond donors (Lipinski definition) is 1. The standard InChI is InChI=1S/C13H9BrO3/c14-10-4-1-9(2-5-10)3-6-12-7-11(15)8-13(16)17-12/h1-8,15H/b6-3+. The zero-order chi connectivity index (χ0) is 12.3. The van der Waals surface area contributed by atoms with Crippen LogP contribution in [0.3, 0.4) is 0 Å². The predicted octanol–water partition coefficient (Wildman–Crippen LogP) is 3.28. The van der Waals surface area contributed by atoms with E-state index in [9.17, 15) is 9.90 Å². The molecule has 86 valence electrons. The van der Waals surface area contributed by atoms with Crippen LogP contribution >= 0.6 is 15.9 Å². The lowest BCUT2D eigenvalue weighted by Crippen LogP contribution is -1.95. The summed E-state index contributed by atoms with van der Waals surface area (Å²) in [5.74, 6) is 0.217. The third-order valence-electron chi connectivity index (χ3n) is 2.08. The lowest BCUT2D eigenvalue weighted by molar-refractivity contribution is 0.444. The molecule has 1 aromatic carbocycles. The maximum Gasteiger partial charge on any atom is 0.339 e. The smallest absolute Gasteiger partial charge is 0.339 e. The van der Waals surface area contributed by atoms with Crippen LogP contribution in [0.2, 0.25) is 0 Å². The van der Waals surface area contributed by atoms with Crippen molar-refractivity contribution in [2.45, 2.75) is 0 Å². The SMILES string of the molecule is O=c1cc(O)cc(/C=C/c2ccc(Br)cc2)o1. The van der Waals surface area contributed by atoms with Crippen molar-refractivity contribution in [2.24, 2.45) is 0 Å². The molecular formula is C13H9BrO3. The van der Waals surface area contributed by atoms with E-state index in [1.165, 1.54) is 6.07 Å². The molecule has 0 spiro atoms. The summed E-state index contributed by atoms with van der Waals surface area (Å²) in [6, 6.07) is 10.1. The second-order valence-corrected chi connectivity index (χ2v) is 4.34. The van der Waals surface area contributed by atoms with Gasteiger partial charge < -0.3 is 9.52 Å². The first-order chi connectivity index (χ1) is 8.13. The maximum atomic E-state index is 11.0. The summed E-state index contributed by atoms with van der Waals surface area (Å²) in [6.07, 6.45) is 3.43. The fourth-order valence-electron chi connectivity index (χ4n) is 1.32. The zero-order valence-electron chi connectivity index (χ0n) is 8.76. The molecule has 2 aromatic rings. The van der Waals surface area contributed by atoms with Gasteiger partial charge in [-0.2, -0.15) is 0 Å². The van der Waals surface area contributed by atoms with Crippen molar-refractivity contribution in [2.75, 3.05) is 0 Å². The van der Waals surface area contributed by atoms with E-state index in [0.717, 1.165) is 16.1 Å². The highest BCUT2D eigenvalue weighted by Gasteiger charge is 1.96. The Morgan fingerprint density at radius 1 is 1.12 bits per heavy atom.